The standard InChI is InChI=1S/C17H15N3O4/c21-14(9-10-24-11-5-2-1-3-6-11)18-13-8-4-7-12-15(13)17(23)20-19-16(12)22/h1-8H,9-10H2,(H,18,21)(H,19,22)(H,20,23). The van der Waals surface area contributed by atoms with Crippen LogP contribution < -0.4 is 21.2 Å². The number of anilines is 1. The number of fused-ring (bicyclic) bond motifs is 1. The van der Waals surface area contributed by atoms with Gasteiger partial charge in [-0.1, -0.05) is 24.3 Å². The van der Waals surface area contributed by atoms with Crippen molar-refractivity contribution in [3.8, 4) is 5.75 Å². The van der Waals surface area contributed by atoms with E-state index in [2.05, 4.69) is 15.5 Å². The van der Waals surface area contributed by atoms with Crippen LogP contribution >= 0.6 is 0 Å². The van der Waals surface area contributed by atoms with Gasteiger partial charge in [0, 0.05) is 0 Å². The van der Waals surface area contributed by atoms with Gasteiger partial charge in [0.15, 0.2) is 0 Å². The van der Waals surface area contributed by atoms with Crippen LogP contribution in [0.15, 0.2) is 58.1 Å². The number of hydrogen-bond donors (Lipinski definition) is 3. The molecule has 122 valence electrons. The van der Waals surface area contributed by atoms with Crippen LogP contribution in [0, 0.1) is 0 Å². The van der Waals surface area contributed by atoms with Gasteiger partial charge in [-0.15, -0.1) is 0 Å². The van der Waals surface area contributed by atoms with E-state index in [1.54, 1.807) is 24.3 Å². The van der Waals surface area contributed by atoms with Gasteiger partial charge in [0.05, 0.1) is 29.5 Å². The third kappa shape index (κ3) is 3.35. The second kappa shape index (κ2) is 6.82. The summed E-state index contributed by atoms with van der Waals surface area (Å²) in [4.78, 5) is 35.7. The number of aromatic amines is 2. The van der Waals surface area contributed by atoms with Crippen LogP contribution in [0.3, 0.4) is 0 Å². The van der Waals surface area contributed by atoms with Gasteiger partial charge in [-0.2, -0.15) is 0 Å². The minimum atomic E-state index is -0.471. The molecule has 0 unspecified atom stereocenters. The molecule has 24 heavy (non-hydrogen) atoms. The number of amides is 1. The fraction of sp³-hybridized carbons (Fsp3) is 0.118. The molecule has 0 fully saturated rings. The highest BCUT2D eigenvalue weighted by molar-refractivity contribution is 6.01. The third-order valence-electron chi connectivity index (χ3n) is 3.44. The third-order valence-corrected chi connectivity index (χ3v) is 3.44. The average molecular weight is 325 g/mol. The van der Waals surface area contributed by atoms with E-state index in [0.717, 1.165) is 0 Å². The maximum Gasteiger partial charge on any atom is 0.272 e. The number of nitrogens with one attached hydrogen (secondary N) is 3. The van der Waals surface area contributed by atoms with Crippen molar-refractivity contribution in [1.82, 2.24) is 10.2 Å². The van der Waals surface area contributed by atoms with Crippen LogP contribution in [-0.4, -0.2) is 22.7 Å². The summed E-state index contributed by atoms with van der Waals surface area (Å²) in [5.41, 5.74) is -0.598. The first-order chi connectivity index (χ1) is 11.6. The number of carbonyl (C=O) groups is 1. The Morgan fingerprint density at radius 1 is 0.958 bits per heavy atom. The Labute approximate surface area is 136 Å². The van der Waals surface area contributed by atoms with Gasteiger partial charge in [-0.25, -0.2) is 0 Å². The minimum Gasteiger partial charge on any atom is -0.493 e. The first-order valence-electron chi connectivity index (χ1n) is 7.36. The summed E-state index contributed by atoms with van der Waals surface area (Å²) in [6.45, 7) is 0.206. The van der Waals surface area contributed by atoms with Crippen molar-refractivity contribution in [2.24, 2.45) is 0 Å². The van der Waals surface area contributed by atoms with Gasteiger partial charge < -0.3 is 10.1 Å². The van der Waals surface area contributed by atoms with Crippen molar-refractivity contribution < 1.29 is 9.53 Å². The van der Waals surface area contributed by atoms with Crippen molar-refractivity contribution in [3.63, 3.8) is 0 Å². The molecule has 7 nitrogen and oxygen atoms in total. The topological polar surface area (TPSA) is 104 Å². The summed E-state index contributed by atoms with van der Waals surface area (Å²) in [6.07, 6.45) is 0.117. The molecular weight excluding hydrogens is 310 g/mol. The zero-order valence-corrected chi connectivity index (χ0v) is 12.7. The zero-order valence-electron chi connectivity index (χ0n) is 12.7. The van der Waals surface area contributed by atoms with E-state index >= 15 is 0 Å². The molecule has 2 aromatic carbocycles. The Bertz CT molecular complexity index is 976. The quantitative estimate of drug-likeness (QED) is 0.663. The smallest absolute Gasteiger partial charge is 0.272 e. The van der Waals surface area contributed by atoms with Gasteiger partial charge in [0.2, 0.25) is 5.91 Å². The molecule has 0 saturated carbocycles. The highest BCUT2D eigenvalue weighted by atomic mass is 16.5. The van der Waals surface area contributed by atoms with Gasteiger partial charge in [-0.3, -0.25) is 24.6 Å². The van der Waals surface area contributed by atoms with Crippen LogP contribution in [0.2, 0.25) is 0 Å². The number of H-pyrrole nitrogens is 2. The molecule has 0 saturated heterocycles. The molecule has 7 heteroatoms. The van der Waals surface area contributed by atoms with Crippen molar-refractivity contribution in [2.45, 2.75) is 6.42 Å². The van der Waals surface area contributed by atoms with E-state index in [9.17, 15) is 14.4 Å². The Hall–Kier alpha value is -3.35. The lowest BCUT2D eigenvalue weighted by atomic mass is 10.1. The second-order valence-electron chi connectivity index (χ2n) is 5.10. The van der Waals surface area contributed by atoms with Crippen molar-refractivity contribution in [2.75, 3.05) is 11.9 Å². The van der Waals surface area contributed by atoms with Crippen LogP contribution in [0.5, 0.6) is 5.75 Å². The number of carbonyl (C=O) groups excluding carboxylic acids is 1. The molecule has 1 heterocycles. The molecule has 3 N–H and O–H groups in total. The highest BCUT2D eigenvalue weighted by Crippen LogP contribution is 2.17. The first kappa shape index (κ1) is 15.5. The van der Waals surface area contributed by atoms with Gasteiger partial charge >= 0.3 is 0 Å². The summed E-state index contributed by atoms with van der Waals surface area (Å²) >= 11 is 0. The predicted octanol–water partition coefficient (Wildman–Crippen LogP) is 1.62. The molecule has 0 bridgehead atoms. The van der Waals surface area contributed by atoms with E-state index in [1.165, 1.54) is 6.07 Å². The zero-order chi connectivity index (χ0) is 16.9. The molecular formula is C17H15N3O4. The number of para-hydroxylation sites is 1. The lowest BCUT2D eigenvalue weighted by Gasteiger charge is -2.09. The minimum absolute atomic E-state index is 0.117. The molecule has 0 spiro atoms. The molecule has 3 rings (SSSR count). The number of benzene rings is 2. The maximum absolute atomic E-state index is 12.1. The highest BCUT2D eigenvalue weighted by Gasteiger charge is 2.10. The lowest BCUT2D eigenvalue weighted by molar-refractivity contribution is -0.116. The van der Waals surface area contributed by atoms with E-state index < -0.39 is 11.1 Å². The normalized spacial score (nSPS) is 10.5. The van der Waals surface area contributed by atoms with E-state index in [4.69, 9.17) is 4.74 Å². The van der Waals surface area contributed by atoms with Crippen LogP contribution in [0.1, 0.15) is 6.42 Å². The molecule has 0 aliphatic carbocycles. The fourth-order valence-electron chi connectivity index (χ4n) is 2.32. The van der Waals surface area contributed by atoms with Gasteiger partial charge in [0.25, 0.3) is 11.1 Å². The number of ether oxygens (including phenoxy) is 1. The molecule has 3 aromatic rings. The first-order valence-corrected chi connectivity index (χ1v) is 7.36. The van der Waals surface area contributed by atoms with E-state index in [1.807, 2.05) is 18.2 Å². The molecule has 0 radical (unpaired) electrons. The molecule has 0 aliphatic rings. The molecule has 0 aliphatic heterocycles. The van der Waals surface area contributed by atoms with Gasteiger partial charge in [0.1, 0.15) is 5.75 Å². The Balaban J connectivity index is 1.71. The SMILES string of the molecule is O=C(CCOc1ccccc1)Nc1cccc2c(=O)[nH][nH]c(=O)c12. The number of aromatic nitrogens is 2. The van der Waals surface area contributed by atoms with Crippen molar-refractivity contribution in [1.29, 1.82) is 0 Å². The fourth-order valence-corrected chi connectivity index (χ4v) is 2.32. The average Bonchev–Trinajstić information content (AvgIpc) is 2.59. The summed E-state index contributed by atoms with van der Waals surface area (Å²) in [7, 11) is 0. The Morgan fingerprint density at radius 3 is 2.50 bits per heavy atom. The Kier molecular flexibility index (Phi) is 4.42. The summed E-state index contributed by atoms with van der Waals surface area (Å²) in [5, 5.41) is 7.52. The number of rotatable bonds is 5. The predicted molar refractivity (Wildman–Crippen MR) is 90.4 cm³/mol. The Morgan fingerprint density at radius 2 is 1.71 bits per heavy atom. The monoisotopic (exact) mass is 325 g/mol. The molecule has 1 amide bonds. The number of hydrogen-bond acceptors (Lipinski definition) is 4. The van der Waals surface area contributed by atoms with Crippen molar-refractivity contribution >= 4 is 22.4 Å². The van der Waals surface area contributed by atoms with Crippen LogP contribution in [-0.2, 0) is 4.79 Å². The van der Waals surface area contributed by atoms with E-state index in [0.29, 0.717) is 11.4 Å². The van der Waals surface area contributed by atoms with E-state index in [-0.39, 0.29) is 29.7 Å². The molecule has 1 aromatic heterocycles. The summed E-state index contributed by atoms with van der Waals surface area (Å²) < 4.78 is 5.46. The van der Waals surface area contributed by atoms with Crippen LogP contribution in [0.4, 0.5) is 5.69 Å². The summed E-state index contributed by atoms with van der Waals surface area (Å²) in [6, 6.07) is 13.9. The van der Waals surface area contributed by atoms with Crippen molar-refractivity contribution in [3.05, 3.63) is 69.2 Å². The maximum atomic E-state index is 12.1. The second-order valence-corrected chi connectivity index (χ2v) is 5.10. The van der Waals surface area contributed by atoms with Gasteiger partial charge in [-0.05, 0) is 24.3 Å². The summed E-state index contributed by atoms with van der Waals surface area (Å²) in [5.74, 6) is 0.372. The van der Waals surface area contributed by atoms with Crippen LogP contribution in [0.25, 0.3) is 10.8 Å². The lowest BCUT2D eigenvalue weighted by Crippen LogP contribution is -2.22. The molecule has 0 atom stereocenters. The largest absolute Gasteiger partial charge is 0.493 e.